The highest BCUT2D eigenvalue weighted by molar-refractivity contribution is 5.89. The Balaban J connectivity index is 1.84. The summed E-state index contributed by atoms with van der Waals surface area (Å²) >= 11 is 0. The fraction of sp³-hybridized carbons (Fsp3) is 0.826. The molecular formula is C23H40N6O4. The zero-order valence-corrected chi connectivity index (χ0v) is 21.0. The molecule has 2 heterocycles. The van der Waals surface area contributed by atoms with Gasteiger partial charge in [-0.15, -0.1) is 0 Å². The zero-order chi connectivity index (χ0) is 24.7. The molecule has 3 aliphatic rings. The van der Waals surface area contributed by atoms with Gasteiger partial charge < -0.3 is 15.5 Å². The molecule has 10 heteroatoms. The second-order valence-electron chi connectivity index (χ2n) is 11.3. The monoisotopic (exact) mass is 464 g/mol. The summed E-state index contributed by atoms with van der Waals surface area (Å²) < 4.78 is 0. The zero-order valence-electron chi connectivity index (χ0n) is 21.0. The second-order valence-corrected chi connectivity index (χ2v) is 11.3. The quantitative estimate of drug-likeness (QED) is 0.547. The summed E-state index contributed by atoms with van der Waals surface area (Å²) in [7, 11) is 0. The van der Waals surface area contributed by atoms with Gasteiger partial charge in [0.1, 0.15) is 6.54 Å². The van der Waals surface area contributed by atoms with Crippen LogP contribution in [0, 0.1) is 17.8 Å². The molecule has 0 aromatic carbocycles. The standard InChI is InChI=1S/C23H40N6O4/c1-13(2)11-27-20(32)16-9-8-15(19(31)24-14(3)4)10-17(16)29-21(27)26-28(22(29)33)12-18(30)25-23(5,6)7/h13-17,21,26H,8-12H2,1-7H3,(H,24,31)(H,25,30). The Hall–Kier alpha value is -2.36. The maximum atomic E-state index is 13.5. The lowest BCUT2D eigenvalue weighted by Gasteiger charge is -2.50. The molecule has 4 atom stereocenters. The summed E-state index contributed by atoms with van der Waals surface area (Å²) in [4.78, 5) is 55.6. The van der Waals surface area contributed by atoms with Crippen molar-refractivity contribution in [1.82, 2.24) is 30.9 Å². The third-order valence-electron chi connectivity index (χ3n) is 6.24. The molecule has 0 radical (unpaired) electrons. The first-order valence-corrected chi connectivity index (χ1v) is 12.1. The van der Waals surface area contributed by atoms with Gasteiger partial charge in [-0.3, -0.25) is 19.3 Å². The Morgan fingerprint density at radius 3 is 2.36 bits per heavy atom. The van der Waals surface area contributed by atoms with E-state index in [1.807, 2.05) is 48.5 Å². The smallest absolute Gasteiger partial charge is 0.337 e. The highest BCUT2D eigenvalue weighted by Crippen LogP contribution is 2.40. The van der Waals surface area contributed by atoms with E-state index in [1.54, 1.807) is 9.80 Å². The summed E-state index contributed by atoms with van der Waals surface area (Å²) in [6, 6.07) is -0.673. The van der Waals surface area contributed by atoms with Crippen LogP contribution in [0.1, 0.15) is 67.7 Å². The minimum atomic E-state index is -0.650. The van der Waals surface area contributed by atoms with E-state index in [1.165, 1.54) is 5.01 Å². The Morgan fingerprint density at radius 1 is 1.12 bits per heavy atom. The number of fused-ring (bicyclic) bond motifs is 3. The van der Waals surface area contributed by atoms with E-state index in [0.717, 1.165) is 0 Å². The van der Waals surface area contributed by atoms with Crippen LogP contribution in [0.2, 0.25) is 0 Å². The average molecular weight is 465 g/mol. The molecule has 2 saturated heterocycles. The van der Waals surface area contributed by atoms with Gasteiger partial charge in [-0.1, -0.05) is 13.8 Å². The van der Waals surface area contributed by atoms with Gasteiger partial charge in [-0.05, 0) is 59.8 Å². The fourth-order valence-electron chi connectivity index (χ4n) is 5.06. The normalized spacial score (nSPS) is 27.7. The number of nitrogens with one attached hydrogen (secondary N) is 3. The topological polar surface area (TPSA) is 114 Å². The third kappa shape index (κ3) is 5.59. The Labute approximate surface area is 196 Å². The van der Waals surface area contributed by atoms with E-state index in [9.17, 15) is 19.2 Å². The van der Waals surface area contributed by atoms with Crippen LogP contribution in [0.3, 0.4) is 0 Å². The second kappa shape index (κ2) is 9.48. The molecule has 3 N–H and O–H groups in total. The van der Waals surface area contributed by atoms with Crippen LogP contribution in [0.5, 0.6) is 0 Å². The highest BCUT2D eigenvalue weighted by atomic mass is 16.2. The van der Waals surface area contributed by atoms with E-state index in [0.29, 0.717) is 25.8 Å². The van der Waals surface area contributed by atoms with Crippen LogP contribution >= 0.6 is 0 Å². The van der Waals surface area contributed by atoms with Gasteiger partial charge in [-0.2, -0.15) is 5.43 Å². The highest BCUT2D eigenvalue weighted by Gasteiger charge is 2.56. The number of hydrogen-bond acceptors (Lipinski definition) is 5. The van der Waals surface area contributed by atoms with Crippen molar-refractivity contribution >= 4 is 23.8 Å². The maximum absolute atomic E-state index is 13.5. The molecule has 1 saturated carbocycles. The average Bonchev–Trinajstić information content (AvgIpc) is 2.98. The molecule has 5 amide bonds. The molecule has 1 aliphatic carbocycles. The van der Waals surface area contributed by atoms with Gasteiger partial charge in [-0.25, -0.2) is 9.80 Å². The van der Waals surface area contributed by atoms with Crippen LogP contribution in [-0.2, 0) is 14.4 Å². The number of rotatable bonds is 6. The predicted molar refractivity (Wildman–Crippen MR) is 123 cm³/mol. The van der Waals surface area contributed by atoms with E-state index >= 15 is 0 Å². The van der Waals surface area contributed by atoms with Crippen molar-refractivity contribution < 1.29 is 19.2 Å². The van der Waals surface area contributed by atoms with E-state index in [-0.39, 0.29) is 60.1 Å². The van der Waals surface area contributed by atoms with Crippen LogP contribution in [0.25, 0.3) is 0 Å². The summed E-state index contributed by atoms with van der Waals surface area (Å²) in [6.45, 7) is 13.9. The van der Waals surface area contributed by atoms with Crippen molar-refractivity contribution in [3.05, 3.63) is 0 Å². The minimum absolute atomic E-state index is 0.0129. The number of urea groups is 1. The van der Waals surface area contributed by atoms with Crippen molar-refractivity contribution in [2.45, 2.75) is 91.6 Å². The molecule has 0 spiro atoms. The van der Waals surface area contributed by atoms with Crippen LogP contribution in [0.15, 0.2) is 0 Å². The number of amides is 5. The maximum Gasteiger partial charge on any atom is 0.337 e. The van der Waals surface area contributed by atoms with Gasteiger partial charge in [0.15, 0.2) is 6.29 Å². The lowest BCUT2D eigenvalue weighted by molar-refractivity contribution is -0.159. The number of nitrogens with zero attached hydrogens (tertiary/aromatic N) is 3. The molecule has 2 aliphatic heterocycles. The number of carbonyl (C=O) groups is 4. The Bertz CT molecular complexity index is 792. The molecule has 3 fully saturated rings. The minimum Gasteiger partial charge on any atom is -0.354 e. The third-order valence-corrected chi connectivity index (χ3v) is 6.24. The lowest BCUT2D eigenvalue weighted by Crippen LogP contribution is -2.67. The summed E-state index contributed by atoms with van der Waals surface area (Å²) in [6.07, 6.45) is 0.979. The lowest BCUT2D eigenvalue weighted by atomic mass is 9.75. The number of carbonyl (C=O) groups excluding carboxylic acids is 4. The van der Waals surface area contributed by atoms with Gasteiger partial charge in [0, 0.05) is 30.1 Å². The summed E-state index contributed by atoms with van der Waals surface area (Å²) in [5.41, 5.74) is 2.69. The molecule has 0 aromatic rings. The van der Waals surface area contributed by atoms with Crippen molar-refractivity contribution in [3.63, 3.8) is 0 Å². The number of hydrogen-bond donors (Lipinski definition) is 3. The van der Waals surface area contributed by atoms with E-state index < -0.39 is 11.8 Å². The molecule has 10 nitrogen and oxygen atoms in total. The predicted octanol–water partition coefficient (Wildman–Crippen LogP) is 1.23. The summed E-state index contributed by atoms with van der Waals surface area (Å²) in [5.74, 6) is -0.658. The molecule has 186 valence electrons. The van der Waals surface area contributed by atoms with Crippen LogP contribution in [-0.4, -0.2) is 75.6 Å². The molecular weight excluding hydrogens is 424 g/mol. The van der Waals surface area contributed by atoms with Gasteiger partial charge >= 0.3 is 6.03 Å². The van der Waals surface area contributed by atoms with Crippen molar-refractivity contribution in [1.29, 1.82) is 0 Å². The number of hydrazine groups is 1. The largest absolute Gasteiger partial charge is 0.354 e. The fourth-order valence-corrected chi connectivity index (χ4v) is 5.06. The van der Waals surface area contributed by atoms with E-state index in [2.05, 4.69) is 16.1 Å². The first kappa shape index (κ1) is 25.3. The molecule has 3 rings (SSSR count). The SMILES string of the molecule is CC(C)CN1C(=O)C2CCC(C(=O)NC(C)C)CC2N2C(=O)N(CC(=O)NC(C)(C)C)NC12. The van der Waals surface area contributed by atoms with Crippen LogP contribution in [0.4, 0.5) is 4.79 Å². The Morgan fingerprint density at radius 2 is 1.79 bits per heavy atom. The molecule has 0 bridgehead atoms. The first-order valence-electron chi connectivity index (χ1n) is 12.1. The van der Waals surface area contributed by atoms with Crippen LogP contribution < -0.4 is 16.1 Å². The van der Waals surface area contributed by atoms with Crippen molar-refractivity contribution in [2.75, 3.05) is 13.1 Å². The molecule has 0 aromatic heterocycles. The van der Waals surface area contributed by atoms with Gasteiger partial charge in [0.2, 0.25) is 17.7 Å². The van der Waals surface area contributed by atoms with E-state index in [4.69, 9.17) is 0 Å². The van der Waals surface area contributed by atoms with Crippen molar-refractivity contribution in [2.24, 2.45) is 17.8 Å². The molecule has 33 heavy (non-hydrogen) atoms. The molecule has 4 unspecified atom stereocenters. The Kier molecular flexibility index (Phi) is 7.26. The van der Waals surface area contributed by atoms with Gasteiger partial charge in [0.25, 0.3) is 0 Å². The van der Waals surface area contributed by atoms with Gasteiger partial charge in [0.05, 0.1) is 5.92 Å². The van der Waals surface area contributed by atoms with Crippen molar-refractivity contribution in [3.8, 4) is 0 Å². The first-order chi connectivity index (χ1) is 15.3. The summed E-state index contributed by atoms with van der Waals surface area (Å²) in [5, 5.41) is 7.13.